The van der Waals surface area contributed by atoms with Crippen molar-refractivity contribution < 1.29 is 4.79 Å². The molecule has 0 aliphatic heterocycles. The van der Waals surface area contributed by atoms with Crippen LogP contribution in [0.15, 0.2) is 0 Å². The van der Waals surface area contributed by atoms with E-state index in [4.69, 9.17) is 0 Å². The van der Waals surface area contributed by atoms with Gasteiger partial charge in [-0.25, -0.2) is 0 Å². The Labute approximate surface area is 162 Å². The molecule has 26 heavy (non-hydrogen) atoms. The molecule has 0 aromatic rings. The third-order valence-corrected chi connectivity index (χ3v) is 10.3. The van der Waals surface area contributed by atoms with Crippen molar-refractivity contribution in [3.63, 3.8) is 0 Å². The highest BCUT2D eigenvalue weighted by molar-refractivity contribution is 5.75. The van der Waals surface area contributed by atoms with E-state index in [9.17, 15) is 4.79 Å². The number of Topliss-reactive ketones (excluding diaryl/α,β-unsaturated/α-hetero) is 1. The zero-order valence-electron chi connectivity index (χ0n) is 17.9. The molecule has 0 amide bonds. The maximum absolute atomic E-state index is 11.5. The van der Waals surface area contributed by atoms with Gasteiger partial charge in [-0.3, -0.25) is 0 Å². The highest BCUT2D eigenvalue weighted by Gasteiger charge is 2.59. The zero-order chi connectivity index (χ0) is 18.5. The lowest BCUT2D eigenvalue weighted by Crippen LogP contribution is -2.53. The Hall–Kier alpha value is -0.330. The maximum atomic E-state index is 11.5. The van der Waals surface area contributed by atoms with Crippen LogP contribution in [0.3, 0.4) is 0 Å². The molecule has 7 unspecified atom stereocenters. The number of carbonyl (C=O) groups is 1. The summed E-state index contributed by atoms with van der Waals surface area (Å²) < 4.78 is 0. The Morgan fingerprint density at radius 1 is 0.923 bits per heavy atom. The Balaban J connectivity index is 1.52. The third-order valence-electron chi connectivity index (χ3n) is 10.3. The third kappa shape index (κ3) is 2.91. The second-order valence-electron chi connectivity index (χ2n) is 11.3. The van der Waals surface area contributed by atoms with Crippen molar-refractivity contribution in [1.29, 1.82) is 0 Å². The summed E-state index contributed by atoms with van der Waals surface area (Å²) in [7, 11) is 0. The Morgan fingerprint density at radius 2 is 1.69 bits per heavy atom. The minimum atomic E-state index is 0.379. The minimum absolute atomic E-state index is 0.379. The molecule has 4 aliphatic rings. The summed E-state index contributed by atoms with van der Waals surface area (Å²) in [5, 5.41) is 0. The van der Waals surface area contributed by atoms with Gasteiger partial charge in [-0.1, -0.05) is 33.6 Å². The van der Waals surface area contributed by atoms with E-state index in [1.807, 2.05) is 0 Å². The normalized spacial score (nSPS) is 49.0. The van der Waals surface area contributed by atoms with E-state index in [0.29, 0.717) is 16.6 Å². The van der Waals surface area contributed by atoms with Gasteiger partial charge in [-0.2, -0.15) is 0 Å². The lowest BCUT2D eigenvalue weighted by molar-refractivity contribution is -0.119. The van der Waals surface area contributed by atoms with Gasteiger partial charge in [0.25, 0.3) is 0 Å². The van der Waals surface area contributed by atoms with Gasteiger partial charge in [-0.15, -0.1) is 0 Å². The predicted octanol–water partition coefficient (Wildman–Crippen LogP) is 7.04. The summed E-state index contributed by atoms with van der Waals surface area (Å²) in [4.78, 5) is 11.5. The van der Waals surface area contributed by atoms with Crippen LogP contribution in [0.25, 0.3) is 0 Å². The first kappa shape index (κ1) is 19.0. The SMILES string of the molecule is CC(=O)CCC(C)C1CCC2C3CC[C@H]4CCCCC4(C)C3CCC12C. The molecule has 0 bridgehead atoms. The summed E-state index contributed by atoms with van der Waals surface area (Å²) in [6, 6.07) is 0. The molecule has 4 aliphatic carbocycles. The number of hydrogen-bond acceptors (Lipinski definition) is 1. The molecule has 0 N–H and O–H groups in total. The van der Waals surface area contributed by atoms with Crippen LogP contribution in [-0.4, -0.2) is 5.78 Å². The average molecular weight is 359 g/mol. The highest BCUT2D eigenvalue weighted by Crippen LogP contribution is 2.68. The molecule has 0 radical (unpaired) electrons. The number of hydrogen-bond donors (Lipinski definition) is 0. The quantitative estimate of drug-likeness (QED) is 0.526. The van der Waals surface area contributed by atoms with Crippen LogP contribution in [0.1, 0.15) is 105 Å². The van der Waals surface area contributed by atoms with Gasteiger partial charge >= 0.3 is 0 Å². The van der Waals surface area contributed by atoms with Gasteiger partial charge < -0.3 is 4.79 Å². The summed E-state index contributed by atoms with van der Waals surface area (Å²) in [5.41, 5.74) is 1.23. The van der Waals surface area contributed by atoms with Gasteiger partial charge in [0.1, 0.15) is 5.78 Å². The van der Waals surface area contributed by atoms with Crippen molar-refractivity contribution in [2.75, 3.05) is 0 Å². The molecule has 0 heterocycles. The monoisotopic (exact) mass is 358 g/mol. The van der Waals surface area contributed by atoms with E-state index < -0.39 is 0 Å². The highest BCUT2D eigenvalue weighted by atomic mass is 16.1. The first-order valence-electron chi connectivity index (χ1n) is 11.9. The molecule has 0 saturated heterocycles. The van der Waals surface area contributed by atoms with E-state index in [1.165, 1.54) is 64.2 Å². The van der Waals surface area contributed by atoms with Gasteiger partial charge in [0.2, 0.25) is 0 Å². The minimum Gasteiger partial charge on any atom is -0.300 e. The molecule has 8 atom stereocenters. The molecule has 148 valence electrons. The topological polar surface area (TPSA) is 17.1 Å². The van der Waals surface area contributed by atoms with Gasteiger partial charge in [0.15, 0.2) is 0 Å². The van der Waals surface area contributed by atoms with Crippen LogP contribution >= 0.6 is 0 Å². The molecule has 4 rings (SSSR count). The number of ketones is 1. The summed E-state index contributed by atoms with van der Waals surface area (Å²) in [6.07, 6.45) is 16.9. The number of carbonyl (C=O) groups excluding carboxylic acids is 1. The molecular weight excluding hydrogens is 316 g/mol. The Morgan fingerprint density at radius 3 is 2.46 bits per heavy atom. The smallest absolute Gasteiger partial charge is 0.129 e. The van der Waals surface area contributed by atoms with Gasteiger partial charge in [-0.05, 0) is 111 Å². The first-order chi connectivity index (χ1) is 12.4. The molecular formula is C25H42O. The van der Waals surface area contributed by atoms with Crippen molar-refractivity contribution in [2.24, 2.45) is 46.3 Å². The second-order valence-corrected chi connectivity index (χ2v) is 11.3. The summed E-state index contributed by atoms with van der Waals surface area (Å²) in [6.45, 7) is 9.57. The fourth-order valence-corrected chi connectivity index (χ4v) is 8.90. The van der Waals surface area contributed by atoms with E-state index in [0.717, 1.165) is 48.3 Å². The van der Waals surface area contributed by atoms with E-state index in [-0.39, 0.29) is 0 Å². The lowest BCUT2D eigenvalue weighted by Gasteiger charge is -2.61. The molecule has 1 nitrogen and oxygen atoms in total. The molecule has 4 fully saturated rings. The molecule has 0 aromatic carbocycles. The average Bonchev–Trinajstić information content (AvgIpc) is 2.96. The van der Waals surface area contributed by atoms with Crippen molar-refractivity contribution in [1.82, 2.24) is 0 Å². The van der Waals surface area contributed by atoms with Crippen molar-refractivity contribution in [3.8, 4) is 0 Å². The van der Waals surface area contributed by atoms with E-state index >= 15 is 0 Å². The maximum Gasteiger partial charge on any atom is 0.129 e. The fourth-order valence-electron chi connectivity index (χ4n) is 8.90. The zero-order valence-corrected chi connectivity index (χ0v) is 17.9. The van der Waals surface area contributed by atoms with Crippen LogP contribution < -0.4 is 0 Å². The molecule has 1 heteroatoms. The van der Waals surface area contributed by atoms with Crippen molar-refractivity contribution in [2.45, 2.75) is 105 Å². The number of fused-ring (bicyclic) bond motifs is 5. The number of rotatable bonds is 4. The Kier molecular flexibility index (Phi) is 5.06. The van der Waals surface area contributed by atoms with Crippen molar-refractivity contribution in [3.05, 3.63) is 0 Å². The molecule has 0 spiro atoms. The van der Waals surface area contributed by atoms with E-state index in [1.54, 1.807) is 6.92 Å². The standard InChI is InChI=1S/C25H42O/c1-17(8-9-18(2)26)21-12-13-22-20-11-10-19-7-5-6-15-24(19,3)23(20)14-16-25(21,22)4/h17,19-23H,5-16H2,1-4H3/t17?,19-,20?,21?,22?,23?,24?,25?/m1/s1. The molecule has 0 aromatic heterocycles. The van der Waals surface area contributed by atoms with Crippen LogP contribution in [0.5, 0.6) is 0 Å². The van der Waals surface area contributed by atoms with Crippen LogP contribution in [0.4, 0.5) is 0 Å². The largest absolute Gasteiger partial charge is 0.300 e. The van der Waals surface area contributed by atoms with Crippen molar-refractivity contribution >= 4 is 5.78 Å². The van der Waals surface area contributed by atoms with Crippen LogP contribution in [0, 0.1) is 46.3 Å². The summed E-state index contributed by atoms with van der Waals surface area (Å²) in [5.74, 6) is 6.02. The summed E-state index contributed by atoms with van der Waals surface area (Å²) >= 11 is 0. The first-order valence-corrected chi connectivity index (χ1v) is 11.9. The van der Waals surface area contributed by atoms with Gasteiger partial charge in [0, 0.05) is 6.42 Å². The van der Waals surface area contributed by atoms with Crippen LogP contribution in [0.2, 0.25) is 0 Å². The lowest BCUT2D eigenvalue weighted by atomic mass is 9.44. The van der Waals surface area contributed by atoms with E-state index in [2.05, 4.69) is 20.8 Å². The fraction of sp³-hybridized carbons (Fsp3) is 0.960. The Bertz CT molecular complexity index is 538. The van der Waals surface area contributed by atoms with Gasteiger partial charge in [0.05, 0.1) is 0 Å². The second kappa shape index (κ2) is 6.93. The molecule has 4 saturated carbocycles. The predicted molar refractivity (Wildman–Crippen MR) is 109 cm³/mol. The van der Waals surface area contributed by atoms with Crippen LogP contribution in [-0.2, 0) is 4.79 Å².